The van der Waals surface area contributed by atoms with Gasteiger partial charge in [-0.3, -0.25) is 14.9 Å². The van der Waals surface area contributed by atoms with Crippen molar-refractivity contribution in [2.24, 2.45) is 5.41 Å². The molecule has 3 N–H and O–H groups in total. The number of aromatic amines is 2. The van der Waals surface area contributed by atoms with Gasteiger partial charge in [-0.2, -0.15) is 5.10 Å². The number of amides is 1. The van der Waals surface area contributed by atoms with Crippen molar-refractivity contribution in [2.75, 3.05) is 0 Å². The summed E-state index contributed by atoms with van der Waals surface area (Å²) in [5.74, 6) is 0.0241. The van der Waals surface area contributed by atoms with Crippen LogP contribution < -0.4 is 5.32 Å². The van der Waals surface area contributed by atoms with E-state index < -0.39 is 0 Å². The second-order valence-corrected chi connectivity index (χ2v) is 10.9. The number of carbonyl (C=O) groups excluding carboxylic acids is 1. The molecule has 0 saturated carbocycles. The number of H-pyrrole nitrogens is 2. The van der Waals surface area contributed by atoms with Gasteiger partial charge in [0.15, 0.2) is 0 Å². The van der Waals surface area contributed by atoms with Crippen molar-refractivity contribution >= 4 is 33.4 Å². The topological polar surface area (TPSA) is 99.4 Å². The molecule has 1 aromatic carbocycles. The third-order valence-corrected chi connectivity index (χ3v) is 6.61. The largest absolute Gasteiger partial charge is 0.353 e. The van der Waals surface area contributed by atoms with E-state index in [9.17, 15) is 4.79 Å². The molecular weight excluding hydrogens is 484 g/mol. The van der Waals surface area contributed by atoms with Crippen LogP contribution in [-0.4, -0.2) is 31.1 Å². The molecule has 7 nitrogen and oxygen atoms in total. The summed E-state index contributed by atoms with van der Waals surface area (Å²) >= 11 is 0. The Labute approximate surface area is 228 Å². The minimum atomic E-state index is -0.0714. The second kappa shape index (κ2) is 10.7. The molecule has 0 spiro atoms. The van der Waals surface area contributed by atoms with Crippen LogP contribution in [0.25, 0.3) is 50.0 Å². The number of benzene rings is 1. The number of aromatic nitrogens is 5. The van der Waals surface area contributed by atoms with Crippen molar-refractivity contribution in [3.63, 3.8) is 0 Å². The second-order valence-electron chi connectivity index (χ2n) is 10.9. The van der Waals surface area contributed by atoms with Gasteiger partial charge in [0.2, 0.25) is 5.91 Å². The summed E-state index contributed by atoms with van der Waals surface area (Å²) in [7, 11) is 0. The van der Waals surface area contributed by atoms with E-state index >= 15 is 0 Å². The average Bonchev–Trinajstić information content (AvgIpc) is 3.54. The van der Waals surface area contributed by atoms with Crippen LogP contribution in [0, 0.1) is 5.41 Å². The number of pyridine rings is 2. The van der Waals surface area contributed by atoms with Crippen molar-refractivity contribution in [3.05, 3.63) is 84.5 Å². The van der Waals surface area contributed by atoms with Gasteiger partial charge >= 0.3 is 0 Å². The van der Waals surface area contributed by atoms with Gasteiger partial charge in [-0.25, -0.2) is 4.98 Å². The number of allylic oxidation sites excluding steroid dienone is 4. The maximum atomic E-state index is 12.6. The molecule has 0 radical (unpaired) electrons. The van der Waals surface area contributed by atoms with Crippen LogP contribution in [0.2, 0.25) is 0 Å². The first-order chi connectivity index (χ1) is 18.8. The summed E-state index contributed by atoms with van der Waals surface area (Å²) in [5.41, 5.74) is 9.02. The van der Waals surface area contributed by atoms with Gasteiger partial charge in [0.25, 0.3) is 0 Å². The molecule has 4 aromatic heterocycles. The maximum absolute atomic E-state index is 12.6. The Bertz CT molecular complexity index is 1700. The number of carbonyl (C=O) groups is 1. The van der Waals surface area contributed by atoms with Gasteiger partial charge in [0, 0.05) is 41.0 Å². The lowest BCUT2D eigenvalue weighted by molar-refractivity contribution is -0.122. The zero-order valence-corrected chi connectivity index (χ0v) is 23.1. The van der Waals surface area contributed by atoms with Crippen molar-refractivity contribution in [2.45, 2.75) is 47.5 Å². The van der Waals surface area contributed by atoms with Crippen LogP contribution in [0.15, 0.2) is 78.8 Å². The van der Waals surface area contributed by atoms with Crippen LogP contribution in [0.3, 0.4) is 0 Å². The molecule has 5 rings (SSSR count). The van der Waals surface area contributed by atoms with Crippen molar-refractivity contribution in [3.8, 4) is 22.5 Å². The van der Waals surface area contributed by atoms with Gasteiger partial charge in [-0.15, -0.1) is 0 Å². The van der Waals surface area contributed by atoms with Gasteiger partial charge in [-0.05, 0) is 66.3 Å². The van der Waals surface area contributed by atoms with E-state index in [2.05, 4.69) is 70.5 Å². The van der Waals surface area contributed by atoms with Gasteiger partial charge in [0.05, 0.1) is 16.9 Å². The highest BCUT2D eigenvalue weighted by Crippen LogP contribution is 2.33. The number of hydrogen-bond donors (Lipinski definition) is 3. The number of fused-ring (bicyclic) bond motifs is 2. The fraction of sp³-hybridized carbons (Fsp3) is 0.250. The maximum Gasteiger partial charge on any atom is 0.224 e. The van der Waals surface area contributed by atoms with Crippen LogP contribution in [0.1, 0.15) is 53.2 Å². The van der Waals surface area contributed by atoms with Gasteiger partial charge in [0.1, 0.15) is 11.2 Å². The highest BCUT2D eigenvalue weighted by Gasteiger charge is 2.18. The zero-order chi connectivity index (χ0) is 27.6. The molecule has 0 aliphatic heterocycles. The fourth-order valence-corrected chi connectivity index (χ4v) is 4.73. The standard InChI is InChI=1S/C32H34N6O/c1-6-20(16-22(7-2)34-29(39)18-32(3,4)5)25-13-14-27-30(36-25)31(38-37-27)28-17-24-23(11-8-12-26(24)35-28)21-10-9-15-33-19-21/h6,8-17,19,35H,7,18H2,1-5H3,(H,34,39)(H,37,38)/b20-6+,22-16+. The predicted octanol–water partition coefficient (Wildman–Crippen LogP) is 7.42. The van der Waals surface area contributed by atoms with E-state index in [-0.39, 0.29) is 11.3 Å². The van der Waals surface area contributed by atoms with E-state index in [1.54, 1.807) is 6.20 Å². The normalized spacial score (nSPS) is 12.8. The molecule has 5 aromatic rings. The molecule has 0 aliphatic carbocycles. The Balaban J connectivity index is 1.51. The average molecular weight is 519 g/mol. The lowest BCUT2D eigenvalue weighted by Gasteiger charge is -2.18. The molecule has 0 bridgehead atoms. The first-order valence-electron chi connectivity index (χ1n) is 13.3. The Hall–Kier alpha value is -4.52. The van der Waals surface area contributed by atoms with Crippen LogP contribution in [0.5, 0.6) is 0 Å². The molecular formula is C32H34N6O. The molecule has 7 heteroatoms. The van der Waals surface area contributed by atoms with Gasteiger partial charge < -0.3 is 10.3 Å². The minimum Gasteiger partial charge on any atom is -0.353 e. The summed E-state index contributed by atoms with van der Waals surface area (Å²) in [6.07, 6.45) is 8.86. The van der Waals surface area contributed by atoms with Crippen LogP contribution >= 0.6 is 0 Å². The van der Waals surface area contributed by atoms with E-state index in [0.29, 0.717) is 12.8 Å². The van der Waals surface area contributed by atoms with E-state index in [0.717, 1.165) is 61.4 Å². The van der Waals surface area contributed by atoms with Gasteiger partial charge in [-0.1, -0.05) is 52.0 Å². The molecule has 0 unspecified atom stereocenters. The smallest absolute Gasteiger partial charge is 0.224 e. The summed E-state index contributed by atoms with van der Waals surface area (Å²) < 4.78 is 0. The van der Waals surface area contributed by atoms with Crippen molar-refractivity contribution in [1.29, 1.82) is 0 Å². The quantitative estimate of drug-likeness (QED) is 0.195. The Morgan fingerprint density at radius 3 is 2.64 bits per heavy atom. The van der Waals surface area contributed by atoms with Crippen molar-refractivity contribution in [1.82, 2.24) is 30.5 Å². The molecule has 0 atom stereocenters. The van der Waals surface area contributed by atoms with E-state index in [1.165, 1.54) is 0 Å². The number of nitrogens with one attached hydrogen (secondary N) is 3. The third-order valence-electron chi connectivity index (χ3n) is 6.61. The zero-order valence-electron chi connectivity index (χ0n) is 23.1. The van der Waals surface area contributed by atoms with Crippen molar-refractivity contribution < 1.29 is 4.79 Å². The Morgan fingerprint density at radius 1 is 1.08 bits per heavy atom. The molecule has 4 heterocycles. The van der Waals surface area contributed by atoms with Crippen LogP contribution in [0.4, 0.5) is 0 Å². The number of hydrogen-bond acceptors (Lipinski definition) is 4. The fourth-order valence-electron chi connectivity index (χ4n) is 4.73. The first-order valence-corrected chi connectivity index (χ1v) is 13.3. The highest BCUT2D eigenvalue weighted by atomic mass is 16.1. The van der Waals surface area contributed by atoms with Crippen LogP contribution in [-0.2, 0) is 4.79 Å². The highest BCUT2D eigenvalue weighted by molar-refractivity contribution is 6.00. The van der Waals surface area contributed by atoms with E-state index in [4.69, 9.17) is 4.98 Å². The molecule has 39 heavy (non-hydrogen) atoms. The molecule has 0 fully saturated rings. The summed E-state index contributed by atoms with van der Waals surface area (Å²) in [4.78, 5) is 25.4. The molecule has 0 aliphatic rings. The monoisotopic (exact) mass is 518 g/mol. The molecule has 0 saturated heterocycles. The summed E-state index contributed by atoms with van der Waals surface area (Å²) in [5, 5.41) is 11.9. The number of nitrogens with zero attached hydrogens (tertiary/aromatic N) is 3. The van der Waals surface area contributed by atoms with E-state index in [1.807, 2.05) is 56.5 Å². The molecule has 198 valence electrons. The lowest BCUT2D eigenvalue weighted by atomic mass is 9.92. The Morgan fingerprint density at radius 2 is 1.92 bits per heavy atom. The Kier molecular flexibility index (Phi) is 7.15. The third kappa shape index (κ3) is 5.67. The summed E-state index contributed by atoms with van der Waals surface area (Å²) in [6, 6.07) is 16.3. The minimum absolute atomic E-state index is 0.0241. The predicted molar refractivity (Wildman–Crippen MR) is 159 cm³/mol. The summed E-state index contributed by atoms with van der Waals surface area (Å²) in [6.45, 7) is 10.2. The first kappa shape index (κ1) is 26.1. The SMILES string of the molecule is C/C=C(\C=C(/CC)NC(=O)CC(C)(C)C)c1ccc2[nH]nc(-c3cc4c(-c5cccnc5)cccc4[nH]3)c2n1. The number of rotatable bonds is 7. The lowest BCUT2D eigenvalue weighted by Crippen LogP contribution is -2.27. The molecule has 1 amide bonds.